The summed E-state index contributed by atoms with van der Waals surface area (Å²) in [5.74, 6) is 1.26. The monoisotopic (exact) mass is 294 g/mol. The normalized spacial score (nSPS) is 14.9. The van der Waals surface area contributed by atoms with E-state index in [9.17, 15) is 9.59 Å². The number of anilines is 1. The fourth-order valence-electron chi connectivity index (χ4n) is 2.02. The number of ether oxygens (including phenoxy) is 1. The summed E-state index contributed by atoms with van der Waals surface area (Å²) in [4.78, 5) is 25.2. The van der Waals surface area contributed by atoms with Gasteiger partial charge in [-0.05, 0) is 25.1 Å². The first-order valence-corrected chi connectivity index (χ1v) is 7.58. The molecule has 20 heavy (non-hydrogen) atoms. The Hall–Kier alpha value is -1.69. The predicted molar refractivity (Wildman–Crippen MR) is 78.7 cm³/mol. The van der Waals surface area contributed by atoms with Gasteiger partial charge >= 0.3 is 0 Å². The first-order chi connectivity index (χ1) is 9.61. The van der Waals surface area contributed by atoms with E-state index < -0.39 is 0 Å². The summed E-state index contributed by atoms with van der Waals surface area (Å²) >= 11 is 1.53. The Morgan fingerprint density at radius 2 is 2.00 bits per heavy atom. The molecule has 0 unspecified atom stereocenters. The zero-order chi connectivity index (χ0) is 14.5. The molecule has 1 saturated heterocycles. The van der Waals surface area contributed by atoms with Crippen molar-refractivity contribution in [3.8, 4) is 5.75 Å². The number of nitrogens with zero attached hydrogens (tertiary/aromatic N) is 1. The number of carbonyl (C=O) groups is 2. The van der Waals surface area contributed by atoms with Gasteiger partial charge in [0.15, 0.2) is 0 Å². The number of hydrogen-bond donors (Lipinski definition) is 1. The molecule has 5 nitrogen and oxygen atoms in total. The maximum Gasteiger partial charge on any atom is 0.229 e. The third kappa shape index (κ3) is 3.45. The molecule has 1 fully saturated rings. The minimum Gasteiger partial charge on any atom is -0.494 e. The van der Waals surface area contributed by atoms with E-state index >= 15 is 0 Å². The summed E-state index contributed by atoms with van der Waals surface area (Å²) in [6, 6.07) is 5.52. The molecule has 0 bridgehead atoms. The van der Waals surface area contributed by atoms with Gasteiger partial charge in [-0.2, -0.15) is 0 Å². The molecule has 0 spiro atoms. The first kappa shape index (κ1) is 14.7. The third-order valence-corrected chi connectivity index (χ3v) is 4.07. The molecule has 1 aromatic rings. The number of nitrogen functional groups attached to an aromatic ring is 1. The molecular weight excluding hydrogens is 276 g/mol. The van der Waals surface area contributed by atoms with Gasteiger partial charge in [-0.1, -0.05) is 0 Å². The molecule has 0 aromatic heterocycles. The van der Waals surface area contributed by atoms with Crippen LogP contribution in [0.4, 0.5) is 5.69 Å². The van der Waals surface area contributed by atoms with Crippen molar-refractivity contribution in [1.82, 2.24) is 4.90 Å². The largest absolute Gasteiger partial charge is 0.494 e. The van der Waals surface area contributed by atoms with Crippen LogP contribution >= 0.6 is 11.8 Å². The summed E-state index contributed by atoms with van der Waals surface area (Å²) in [5, 5.41) is 0. The van der Waals surface area contributed by atoms with Crippen LogP contribution in [0.25, 0.3) is 0 Å². The van der Waals surface area contributed by atoms with Gasteiger partial charge in [-0.3, -0.25) is 14.5 Å². The highest BCUT2D eigenvalue weighted by molar-refractivity contribution is 7.99. The molecular formula is C14H18N2O3S. The number of amides is 2. The fraction of sp³-hybridized carbons (Fsp3) is 0.429. The van der Waals surface area contributed by atoms with Crippen LogP contribution in [-0.4, -0.2) is 35.6 Å². The van der Waals surface area contributed by atoms with E-state index in [1.807, 2.05) is 19.1 Å². The minimum atomic E-state index is -0.0772. The van der Waals surface area contributed by atoms with Gasteiger partial charge in [0.05, 0.1) is 6.61 Å². The highest BCUT2D eigenvalue weighted by Crippen LogP contribution is 2.29. The average Bonchev–Trinajstić information content (AvgIpc) is 2.74. The number of benzene rings is 1. The van der Waals surface area contributed by atoms with Crippen molar-refractivity contribution in [1.29, 1.82) is 0 Å². The molecule has 1 aromatic carbocycles. The van der Waals surface area contributed by atoms with E-state index in [2.05, 4.69) is 0 Å². The van der Waals surface area contributed by atoms with Gasteiger partial charge in [0.25, 0.3) is 0 Å². The maximum atomic E-state index is 11.5. The van der Waals surface area contributed by atoms with Crippen molar-refractivity contribution in [3.05, 3.63) is 18.2 Å². The van der Waals surface area contributed by atoms with Crippen LogP contribution in [-0.2, 0) is 9.59 Å². The van der Waals surface area contributed by atoms with Gasteiger partial charge in [-0.25, -0.2) is 0 Å². The molecule has 0 saturated carbocycles. The molecule has 2 amide bonds. The van der Waals surface area contributed by atoms with Crippen molar-refractivity contribution < 1.29 is 14.3 Å². The fourth-order valence-corrected chi connectivity index (χ4v) is 2.94. The van der Waals surface area contributed by atoms with Gasteiger partial charge < -0.3 is 10.5 Å². The molecule has 2 rings (SSSR count). The molecule has 1 aliphatic rings. The summed E-state index contributed by atoms with van der Waals surface area (Å²) in [5.41, 5.74) is 6.59. The van der Waals surface area contributed by atoms with E-state index in [0.717, 1.165) is 10.6 Å². The number of hydrogen-bond acceptors (Lipinski definition) is 5. The molecule has 1 heterocycles. The number of carbonyl (C=O) groups excluding carboxylic acids is 2. The molecule has 6 heteroatoms. The third-order valence-electron chi connectivity index (χ3n) is 3.02. The SMILES string of the molecule is CCOc1ccc(N)c(SCCN2C(=O)CCC2=O)c1. The lowest BCUT2D eigenvalue weighted by molar-refractivity contribution is -0.137. The second-order valence-electron chi connectivity index (χ2n) is 4.42. The predicted octanol–water partition coefficient (Wildman–Crippen LogP) is 1.91. The molecule has 108 valence electrons. The summed E-state index contributed by atoms with van der Waals surface area (Å²) in [7, 11) is 0. The number of imide groups is 1. The lowest BCUT2D eigenvalue weighted by Gasteiger charge is -2.14. The number of thioether (sulfide) groups is 1. The Labute approximate surface area is 122 Å². The summed E-state index contributed by atoms with van der Waals surface area (Å²) in [6.07, 6.45) is 0.678. The number of likely N-dealkylation sites (tertiary alicyclic amines) is 1. The summed E-state index contributed by atoms with van der Waals surface area (Å²) in [6.45, 7) is 2.96. The summed E-state index contributed by atoms with van der Waals surface area (Å²) < 4.78 is 5.43. The van der Waals surface area contributed by atoms with Crippen LogP contribution in [0, 0.1) is 0 Å². The van der Waals surface area contributed by atoms with Gasteiger partial charge in [0.1, 0.15) is 5.75 Å². The Morgan fingerprint density at radius 3 is 2.65 bits per heavy atom. The zero-order valence-electron chi connectivity index (χ0n) is 11.4. The van der Waals surface area contributed by atoms with Gasteiger partial charge in [0, 0.05) is 35.7 Å². The van der Waals surface area contributed by atoms with E-state index in [1.54, 1.807) is 6.07 Å². The molecule has 1 aliphatic heterocycles. The average molecular weight is 294 g/mol. The number of rotatable bonds is 6. The van der Waals surface area contributed by atoms with Crippen molar-refractivity contribution in [3.63, 3.8) is 0 Å². The lowest BCUT2D eigenvalue weighted by atomic mass is 10.3. The number of nitrogens with two attached hydrogens (primary N) is 1. The second kappa shape index (κ2) is 6.65. The highest BCUT2D eigenvalue weighted by Gasteiger charge is 2.28. The van der Waals surface area contributed by atoms with Gasteiger partial charge in [-0.15, -0.1) is 11.8 Å². The van der Waals surface area contributed by atoms with Crippen molar-refractivity contribution >= 4 is 29.3 Å². The minimum absolute atomic E-state index is 0.0772. The van der Waals surface area contributed by atoms with E-state index in [0.29, 0.717) is 37.4 Å². The molecule has 2 N–H and O–H groups in total. The topological polar surface area (TPSA) is 72.6 Å². The van der Waals surface area contributed by atoms with Crippen molar-refractivity contribution in [2.75, 3.05) is 24.6 Å². The first-order valence-electron chi connectivity index (χ1n) is 6.60. The quantitative estimate of drug-likeness (QED) is 0.493. The molecule has 0 radical (unpaired) electrons. The van der Waals surface area contributed by atoms with Gasteiger partial charge in [0.2, 0.25) is 11.8 Å². The Balaban J connectivity index is 1.92. The highest BCUT2D eigenvalue weighted by atomic mass is 32.2. The smallest absolute Gasteiger partial charge is 0.229 e. The van der Waals surface area contributed by atoms with Crippen LogP contribution in [0.1, 0.15) is 19.8 Å². The lowest BCUT2D eigenvalue weighted by Crippen LogP contribution is -2.31. The van der Waals surface area contributed by atoms with Crippen LogP contribution < -0.4 is 10.5 Å². The van der Waals surface area contributed by atoms with E-state index in [-0.39, 0.29) is 11.8 Å². The second-order valence-corrected chi connectivity index (χ2v) is 5.56. The molecule has 0 aliphatic carbocycles. The Morgan fingerprint density at radius 1 is 1.30 bits per heavy atom. The Bertz CT molecular complexity index is 503. The zero-order valence-corrected chi connectivity index (χ0v) is 12.2. The van der Waals surface area contributed by atoms with E-state index in [4.69, 9.17) is 10.5 Å². The maximum absolute atomic E-state index is 11.5. The molecule has 0 atom stereocenters. The van der Waals surface area contributed by atoms with Crippen LogP contribution in [0.3, 0.4) is 0 Å². The van der Waals surface area contributed by atoms with E-state index in [1.165, 1.54) is 16.7 Å². The van der Waals surface area contributed by atoms with Crippen LogP contribution in [0.5, 0.6) is 5.75 Å². The standard InChI is InChI=1S/C14H18N2O3S/c1-2-19-10-3-4-11(15)12(9-10)20-8-7-16-13(17)5-6-14(16)18/h3-4,9H,2,5-8,15H2,1H3. The van der Waals surface area contributed by atoms with Crippen molar-refractivity contribution in [2.45, 2.75) is 24.7 Å². The Kier molecular flexibility index (Phi) is 4.89. The van der Waals surface area contributed by atoms with Crippen LogP contribution in [0.2, 0.25) is 0 Å². The van der Waals surface area contributed by atoms with Crippen molar-refractivity contribution in [2.24, 2.45) is 0 Å². The van der Waals surface area contributed by atoms with Crippen LogP contribution in [0.15, 0.2) is 23.1 Å².